The van der Waals surface area contributed by atoms with E-state index in [1.54, 1.807) is 6.07 Å². The molecular weight excluding hydrogens is 232 g/mol. The van der Waals surface area contributed by atoms with Crippen LogP contribution in [-0.4, -0.2) is 24.0 Å². The lowest BCUT2D eigenvalue weighted by Crippen LogP contribution is -2.09. The Kier molecular flexibility index (Phi) is 5.36. The molecule has 0 unspecified atom stereocenters. The maximum atomic E-state index is 11.9. The van der Waals surface area contributed by atoms with Crippen LogP contribution in [0.2, 0.25) is 0 Å². The predicted molar refractivity (Wildman–Crippen MR) is 68.4 cm³/mol. The molecule has 0 aliphatic carbocycles. The zero-order chi connectivity index (χ0) is 13.5. The first-order valence-corrected chi connectivity index (χ1v) is 6.04. The highest BCUT2D eigenvalue weighted by atomic mass is 16.5. The fraction of sp³-hybridized carbons (Fsp3) is 0.429. The molecule has 0 radical (unpaired) electrons. The molecule has 0 atom stereocenters. The van der Waals surface area contributed by atoms with E-state index in [0.29, 0.717) is 12.2 Å². The van der Waals surface area contributed by atoms with Gasteiger partial charge in [-0.05, 0) is 24.6 Å². The molecule has 1 aromatic carbocycles. The van der Waals surface area contributed by atoms with Crippen molar-refractivity contribution in [3.8, 4) is 5.75 Å². The average Bonchev–Trinajstić information content (AvgIpc) is 2.38. The smallest absolute Gasteiger partial charge is 0.336 e. The van der Waals surface area contributed by atoms with E-state index in [1.807, 2.05) is 0 Å². The van der Waals surface area contributed by atoms with Gasteiger partial charge in [0.15, 0.2) is 5.78 Å². The number of aromatic carboxylic acids is 1. The minimum atomic E-state index is -1.10. The first kappa shape index (κ1) is 14.2. The zero-order valence-corrected chi connectivity index (χ0v) is 10.7. The van der Waals surface area contributed by atoms with Crippen LogP contribution >= 0.6 is 0 Å². The van der Waals surface area contributed by atoms with Gasteiger partial charge in [-0.3, -0.25) is 4.79 Å². The summed E-state index contributed by atoms with van der Waals surface area (Å²) >= 11 is 0. The molecule has 0 fully saturated rings. The van der Waals surface area contributed by atoms with Gasteiger partial charge in [0.1, 0.15) is 5.75 Å². The minimum absolute atomic E-state index is 0.0100. The highest BCUT2D eigenvalue weighted by molar-refractivity contribution is 6.06. The number of carbonyl (C=O) groups is 2. The third-order valence-electron chi connectivity index (χ3n) is 2.76. The van der Waals surface area contributed by atoms with Crippen molar-refractivity contribution in [1.82, 2.24) is 0 Å². The number of Topliss-reactive ketones (excluding diaryl/α,β-unsaturated/α-hetero) is 1. The van der Waals surface area contributed by atoms with Gasteiger partial charge in [0.2, 0.25) is 0 Å². The van der Waals surface area contributed by atoms with Crippen LogP contribution in [0, 0.1) is 0 Å². The van der Waals surface area contributed by atoms with E-state index < -0.39 is 5.97 Å². The molecule has 1 rings (SSSR count). The lowest BCUT2D eigenvalue weighted by molar-refractivity contribution is 0.0691. The largest absolute Gasteiger partial charge is 0.497 e. The Morgan fingerprint density at radius 3 is 2.50 bits per heavy atom. The van der Waals surface area contributed by atoms with Crippen molar-refractivity contribution in [1.29, 1.82) is 0 Å². The molecule has 4 nitrogen and oxygen atoms in total. The molecule has 1 aromatic rings. The van der Waals surface area contributed by atoms with Crippen molar-refractivity contribution >= 4 is 11.8 Å². The number of unbranched alkanes of at least 4 members (excludes halogenated alkanes) is 2. The van der Waals surface area contributed by atoms with Gasteiger partial charge in [-0.25, -0.2) is 4.79 Å². The monoisotopic (exact) mass is 250 g/mol. The molecule has 0 spiro atoms. The van der Waals surface area contributed by atoms with Gasteiger partial charge >= 0.3 is 5.97 Å². The maximum Gasteiger partial charge on any atom is 0.336 e. The minimum Gasteiger partial charge on any atom is -0.497 e. The molecule has 1 N–H and O–H groups in total. The van der Waals surface area contributed by atoms with Gasteiger partial charge in [-0.15, -0.1) is 0 Å². The molecule has 18 heavy (non-hydrogen) atoms. The maximum absolute atomic E-state index is 11.9. The number of ether oxygens (including phenoxy) is 1. The zero-order valence-electron chi connectivity index (χ0n) is 10.7. The van der Waals surface area contributed by atoms with E-state index in [2.05, 4.69) is 6.92 Å². The third kappa shape index (κ3) is 3.58. The first-order chi connectivity index (χ1) is 8.60. The number of ketones is 1. The Hall–Kier alpha value is -1.84. The Morgan fingerprint density at radius 2 is 1.94 bits per heavy atom. The SMILES string of the molecule is CCCCCC(=O)c1ccc(OC)cc1C(=O)O. The van der Waals surface area contributed by atoms with Crippen molar-refractivity contribution in [3.05, 3.63) is 29.3 Å². The van der Waals surface area contributed by atoms with Crippen molar-refractivity contribution in [3.63, 3.8) is 0 Å². The molecule has 0 aromatic heterocycles. The number of carboxylic acid groups (broad SMARTS) is 1. The van der Waals surface area contributed by atoms with Crippen LogP contribution in [0.15, 0.2) is 18.2 Å². The van der Waals surface area contributed by atoms with E-state index in [0.717, 1.165) is 19.3 Å². The van der Waals surface area contributed by atoms with E-state index in [1.165, 1.54) is 19.2 Å². The quantitative estimate of drug-likeness (QED) is 0.596. The molecule has 0 bridgehead atoms. The Balaban J connectivity index is 2.93. The highest BCUT2D eigenvalue weighted by Crippen LogP contribution is 2.20. The molecule has 0 amide bonds. The second-order valence-corrected chi connectivity index (χ2v) is 4.10. The summed E-state index contributed by atoms with van der Waals surface area (Å²) < 4.78 is 4.96. The number of carboxylic acids is 1. The summed E-state index contributed by atoms with van der Waals surface area (Å²) in [7, 11) is 1.46. The summed E-state index contributed by atoms with van der Waals surface area (Å²) in [6.45, 7) is 2.06. The standard InChI is InChI=1S/C14H18O4/c1-3-4-5-6-13(15)11-8-7-10(18-2)9-12(11)14(16)17/h7-9H,3-6H2,1-2H3,(H,16,17). The number of hydrogen-bond donors (Lipinski definition) is 1. The number of rotatable bonds is 7. The average molecular weight is 250 g/mol. The van der Waals surface area contributed by atoms with Crippen LogP contribution in [-0.2, 0) is 0 Å². The van der Waals surface area contributed by atoms with Crippen LogP contribution in [0.5, 0.6) is 5.75 Å². The van der Waals surface area contributed by atoms with Crippen LogP contribution in [0.3, 0.4) is 0 Å². The third-order valence-corrected chi connectivity index (χ3v) is 2.76. The molecule has 0 aliphatic heterocycles. The predicted octanol–water partition coefficient (Wildman–Crippen LogP) is 3.16. The Morgan fingerprint density at radius 1 is 1.22 bits per heavy atom. The van der Waals surface area contributed by atoms with Gasteiger partial charge in [0.05, 0.1) is 12.7 Å². The molecule has 0 saturated heterocycles. The van der Waals surface area contributed by atoms with Gasteiger partial charge in [0.25, 0.3) is 0 Å². The molecule has 4 heteroatoms. The topological polar surface area (TPSA) is 63.6 Å². The molecule has 98 valence electrons. The normalized spacial score (nSPS) is 10.1. The van der Waals surface area contributed by atoms with Crippen LogP contribution in [0.4, 0.5) is 0 Å². The first-order valence-electron chi connectivity index (χ1n) is 6.04. The molecule has 0 aliphatic rings. The summed E-state index contributed by atoms with van der Waals surface area (Å²) in [5.74, 6) is -0.784. The van der Waals surface area contributed by atoms with Gasteiger partial charge in [-0.2, -0.15) is 0 Å². The fourth-order valence-corrected chi connectivity index (χ4v) is 1.74. The van der Waals surface area contributed by atoms with Gasteiger partial charge < -0.3 is 9.84 Å². The summed E-state index contributed by atoms with van der Waals surface area (Å²) in [5.41, 5.74) is 0.273. The van der Waals surface area contributed by atoms with Crippen molar-refractivity contribution in [2.75, 3.05) is 7.11 Å². The summed E-state index contributed by atoms with van der Waals surface area (Å²) in [5, 5.41) is 9.10. The molecule has 0 heterocycles. The lowest BCUT2D eigenvalue weighted by Gasteiger charge is -2.07. The summed E-state index contributed by atoms with van der Waals surface area (Å²) in [6, 6.07) is 4.52. The molecule has 0 saturated carbocycles. The fourth-order valence-electron chi connectivity index (χ4n) is 1.74. The van der Waals surface area contributed by atoms with Crippen LogP contribution < -0.4 is 4.74 Å². The second-order valence-electron chi connectivity index (χ2n) is 4.10. The second kappa shape index (κ2) is 6.79. The summed E-state index contributed by atoms with van der Waals surface area (Å²) in [6.07, 6.45) is 3.19. The number of carbonyl (C=O) groups excluding carboxylic acids is 1. The van der Waals surface area contributed by atoms with Crippen LogP contribution in [0.1, 0.15) is 53.3 Å². The van der Waals surface area contributed by atoms with E-state index >= 15 is 0 Å². The van der Waals surface area contributed by atoms with Gasteiger partial charge in [0, 0.05) is 12.0 Å². The highest BCUT2D eigenvalue weighted by Gasteiger charge is 2.16. The van der Waals surface area contributed by atoms with E-state index in [9.17, 15) is 9.59 Å². The van der Waals surface area contributed by atoms with Crippen molar-refractivity contribution in [2.45, 2.75) is 32.6 Å². The van der Waals surface area contributed by atoms with E-state index in [-0.39, 0.29) is 16.9 Å². The number of methoxy groups -OCH3 is 1. The van der Waals surface area contributed by atoms with Crippen LogP contribution in [0.25, 0.3) is 0 Å². The van der Waals surface area contributed by atoms with Crippen molar-refractivity contribution in [2.24, 2.45) is 0 Å². The Labute approximate surface area is 107 Å². The van der Waals surface area contributed by atoms with E-state index in [4.69, 9.17) is 9.84 Å². The van der Waals surface area contributed by atoms with Crippen molar-refractivity contribution < 1.29 is 19.4 Å². The Bertz CT molecular complexity index is 437. The van der Waals surface area contributed by atoms with Gasteiger partial charge in [-0.1, -0.05) is 19.8 Å². The molecular formula is C14H18O4. The lowest BCUT2D eigenvalue weighted by atomic mass is 9.99. The number of hydrogen-bond acceptors (Lipinski definition) is 3. The summed E-state index contributed by atoms with van der Waals surface area (Å²) in [4.78, 5) is 23.1. The number of benzene rings is 1.